The van der Waals surface area contributed by atoms with Gasteiger partial charge in [-0.05, 0) is 13.1 Å². The van der Waals surface area contributed by atoms with Crippen LogP contribution in [-0.4, -0.2) is 54.1 Å². The van der Waals surface area contributed by atoms with E-state index >= 15 is 0 Å². The van der Waals surface area contributed by atoms with Gasteiger partial charge in [0.05, 0.1) is 11.0 Å². The fourth-order valence-electron chi connectivity index (χ4n) is 2.17. The number of aromatic nitrogens is 1. The van der Waals surface area contributed by atoms with Crippen molar-refractivity contribution < 1.29 is 4.92 Å². The Balaban J connectivity index is 2.17. The first-order chi connectivity index (χ1) is 8.61. The van der Waals surface area contributed by atoms with Crippen molar-refractivity contribution in [1.82, 2.24) is 9.88 Å². The molecule has 1 aliphatic heterocycles. The van der Waals surface area contributed by atoms with Gasteiger partial charge in [0, 0.05) is 32.2 Å². The highest BCUT2D eigenvalue weighted by Crippen LogP contribution is 2.19. The molecule has 2 rings (SSSR count). The van der Waals surface area contributed by atoms with Gasteiger partial charge < -0.3 is 15.5 Å². The van der Waals surface area contributed by atoms with Gasteiger partial charge in [-0.3, -0.25) is 10.1 Å². The molecule has 2 N–H and O–H groups in total. The summed E-state index contributed by atoms with van der Waals surface area (Å²) in [5.41, 5.74) is 5.78. The Morgan fingerprint density at radius 2 is 2.33 bits per heavy atom. The fourth-order valence-corrected chi connectivity index (χ4v) is 2.17. The van der Waals surface area contributed by atoms with Crippen LogP contribution in [0, 0.1) is 10.1 Å². The zero-order valence-corrected chi connectivity index (χ0v) is 10.3. The molecule has 0 saturated carbocycles. The minimum atomic E-state index is -0.443. The highest BCUT2D eigenvalue weighted by Gasteiger charge is 2.25. The Bertz CT molecular complexity index is 422. The van der Waals surface area contributed by atoms with Crippen molar-refractivity contribution in [3.63, 3.8) is 0 Å². The number of anilines is 1. The van der Waals surface area contributed by atoms with Crippen LogP contribution in [0.4, 0.5) is 11.5 Å². The molecule has 0 amide bonds. The molecule has 98 valence electrons. The fraction of sp³-hybridized carbons (Fsp3) is 0.545. The highest BCUT2D eigenvalue weighted by atomic mass is 16.6. The molecule has 7 nitrogen and oxygen atoms in total. The summed E-state index contributed by atoms with van der Waals surface area (Å²) in [7, 11) is 2.06. The van der Waals surface area contributed by atoms with Crippen molar-refractivity contribution in [1.29, 1.82) is 0 Å². The Morgan fingerprint density at radius 1 is 1.56 bits per heavy atom. The minimum Gasteiger partial charge on any atom is -0.350 e. The monoisotopic (exact) mass is 251 g/mol. The van der Waals surface area contributed by atoms with Crippen LogP contribution < -0.4 is 10.6 Å². The SMILES string of the molecule is CN1CCN(c2ccc([N+](=O)[O-])cn2)C(CN)C1. The largest absolute Gasteiger partial charge is 0.350 e. The topological polar surface area (TPSA) is 88.5 Å². The maximum atomic E-state index is 10.6. The minimum absolute atomic E-state index is 0.0113. The van der Waals surface area contributed by atoms with Crippen molar-refractivity contribution in [2.75, 3.05) is 38.1 Å². The molecular weight excluding hydrogens is 234 g/mol. The summed E-state index contributed by atoms with van der Waals surface area (Å²) in [4.78, 5) is 18.6. The van der Waals surface area contributed by atoms with Crippen molar-refractivity contribution in [3.8, 4) is 0 Å². The Hall–Kier alpha value is -1.73. The molecule has 7 heteroatoms. The smallest absolute Gasteiger partial charge is 0.287 e. The van der Waals surface area contributed by atoms with Gasteiger partial charge in [-0.15, -0.1) is 0 Å². The highest BCUT2D eigenvalue weighted by molar-refractivity contribution is 5.44. The predicted molar refractivity (Wildman–Crippen MR) is 68.6 cm³/mol. The van der Waals surface area contributed by atoms with E-state index in [1.165, 1.54) is 12.3 Å². The normalized spacial score (nSPS) is 21.0. The zero-order valence-electron chi connectivity index (χ0n) is 10.3. The van der Waals surface area contributed by atoms with Crippen molar-refractivity contribution in [3.05, 3.63) is 28.4 Å². The third kappa shape index (κ3) is 2.57. The number of piperazine rings is 1. The average molecular weight is 251 g/mol. The number of hydrogen-bond donors (Lipinski definition) is 1. The van der Waals surface area contributed by atoms with Crippen LogP contribution in [0.2, 0.25) is 0 Å². The van der Waals surface area contributed by atoms with Gasteiger partial charge in [-0.25, -0.2) is 4.98 Å². The summed E-state index contributed by atoms with van der Waals surface area (Å²) < 4.78 is 0. The summed E-state index contributed by atoms with van der Waals surface area (Å²) in [5, 5.41) is 10.6. The van der Waals surface area contributed by atoms with Crippen LogP contribution >= 0.6 is 0 Å². The van der Waals surface area contributed by atoms with Crippen molar-refractivity contribution >= 4 is 11.5 Å². The first kappa shape index (κ1) is 12.7. The van der Waals surface area contributed by atoms with Crippen molar-refractivity contribution in [2.45, 2.75) is 6.04 Å². The van der Waals surface area contributed by atoms with Crippen LogP contribution in [0.5, 0.6) is 0 Å². The molecule has 1 fully saturated rings. The summed E-state index contributed by atoms with van der Waals surface area (Å²) in [6, 6.07) is 3.37. The van der Waals surface area contributed by atoms with Crippen LogP contribution in [-0.2, 0) is 0 Å². The molecule has 18 heavy (non-hydrogen) atoms. The summed E-state index contributed by atoms with van der Waals surface area (Å²) in [5.74, 6) is 0.754. The number of pyridine rings is 1. The van der Waals surface area contributed by atoms with Gasteiger partial charge in [-0.2, -0.15) is 0 Å². The van der Waals surface area contributed by atoms with Gasteiger partial charge in [0.15, 0.2) is 0 Å². The molecule has 0 aromatic carbocycles. The number of nitro groups is 1. The molecule has 0 radical (unpaired) electrons. The Kier molecular flexibility index (Phi) is 3.73. The standard InChI is InChI=1S/C11H17N5O2/c1-14-4-5-15(10(6-12)8-14)11-3-2-9(7-13-11)16(17)18/h2-3,7,10H,4-6,8,12H2,1H3. The zero-order chi connectivity index (χ0) is 13.1. The molecule has 0 spiro atoms. The molecule has 1 unspecified atom stereocenters. The molecule has 1 aromatic heterocycles. The lowest BCUT2D eigenvalue weighted by Crippen LogP contribution is -2.55. The molecule has 1 aliphatic rings. The predicted octanol–water partition coefficient (Wildman–Crippen LogP) is 0.0689. The van der Waals surface area contributed by atoms with Crippen LogP contribution in [0.1, 0.15) is 0 Å². The van der Waals surface area contributed by atoms with E-state index in [9.17, 15) is 10.1 Å². The van der Waals surface area contributed by atoms with Crippen LogP contribution in [0.25, 0.3) is 0 Å². The molecule has 2 heterocycles. The Labute approximate surface area is 105 Å². The maximum Gasteiger partial charge on any atom is 0.287 e. The molecule has 0 bridgehead atoms. The average Bonchev–Trinajstić information content (AvgIpc) is 2.38. The van der Waals surface area contributed by atoms with E-state index in [1.54, 1.807) is 6.07 Å². The second-order valence-corrected chi connectivity index (χ2v) is 4.48. The van der Waals surface area contributed by atoms with E-state index in [2.05, 4.69) is 21.8 Å². The molecule has 1 saturated heterocycles. The van der Waals surface area contributed by atoms with Crippen LogP contribution in [0.15, 0.2) is 18.3 Å². The maximum absolute atomic E-state index is 10.6. The van der Waals surface area contributed by atoms with E-state index in [-0.39, 0.29) is 11.7 Å². The molecule has 0 aliphatic carbocycles. The first-order valence-corrected chi connectivity index (χ1v) is 5.87. The van der Waals surface area contributed by atoms with Gasteiger partial charge in [0.1, 0.15) is 12.0 Å². The number of hydrogen-bond acceptors (Lipinski definition) is 6. The van der Waals surface area contributed by atoms with Gasteiger partial charge in [0.25, 0.3) is 5.69 Å². The third-order valence-corrected chi connectivity index (χ3v) is 3.20. The lowest BCUT2D eigenvalue weighted by molar-refractivity contribution is -0.385. The number of rotatable bonds is 3. The number of nitrogens with zero attached hydrogens (tertiary/aromatic N) is 4. The van der Waals surface area contributed by atoms with E-state index in [1.807, 2.05) is 0 Å². The second-order valence-electron chi connectivity index (χ2n) is 4.48. The quantitative estimate of drug-likeness (QED) is 0.604. The molecular formula is C11H17N5O2. The Morgan fingerprint density at radius 3 is 2.89 bits per heavy atom. The van der Waals surface area contributed by atoms with E-state index in [0.29, 0.717) is 6.54 Å². The number of likely N-dealkylation sites (N-methyl/N-ethyl adjacent to an activating group) is 1. The van der Waals surface area contributed by atoms with E-state index in [0.717, 1.165) is 25.5 Å². The van der Waals surface area contributed by atoms with E-state index < -0.39 is 4.92 Å². The lowest BCUT2D eigenvalue weighted by atomic mass is 10.1. The summed E-state index contributed by atoms with van der Waals surface area (Å²) in [6.07, 6.45) is 1.29. The summed E-state index contributed by atoms with van der Waals surface area (Å²) in [6.45, 7) is 3.20. The molecule has 1 atom stereocenters. The van der Waals surface area contributed by atoms with Crippen LogP contribution in [0.3, 0.4) is 0 Å². The van der Waals surface area contributed by atoms with Crippen molar-refractivity contribution in [2.24, 2.45) is 5.73 Å². The van der Waals surface area contributed by atoms with Gasteiger partial charge in [-0.1, -0.05) is 0 Å². The van der Waals surface area contributed by atoms with E-state index in [4.69, 9.17) is 5.73 Å². The first-order valence-electron chi connectivity index (χ1n) is 5.87. The molecule has 1 aromatic rings. The lowest BCUT2D eigenvalue weighted by Gasteiger charge is -2.40. The summed E-state index contributed by atoms with van der Waals surface area (Å²) >= 11 is 0. The third-order valence-electron chi connectivity index (χ3n) is 3.20. The van der Waals surface area contributed by atoms with Gasteiger partial charge in [0.2, 0.25) is 0 Å². The number of nitrogens with two attached hydrogens (primary N) is 1. The van der Waals surface area contributed by atoms with Gasteiger partial charge >= 0.3 is 0 Å². The second kappa shape index (κ2) is 5.28.